The van der Waals surface area contributed by atoms with Crippen LogP contribution in [0.15, 0.2) is 36.4 Å². The quantitative estimate of drug-likeness (QED) is 0.169. The number of rotatable bonds is 12. The van der Waals surface area contributed by atoms with Crippen LogP contribution in [0.25, 0.3) is 5.69 Å². The summed E-state index contributed by atoms with van der Waals surface area (Å²) in [5.41, 5.74) is 1.21. The van der Waals surface area contributed by atoms with E-state index in [-0.39, 0.29) is 72.5 Å². The molecule has 0 aliphatic carbocycles. The summed E-state index contributed by atoms with van der Waals surface area (Å²) < 4.78 is 56.5. The van der Waals surface area contributed by atoms with Crippen LogP contribution in [0.4, 0.5) is 17.6 Å². The van der Waals surface area contributed by atoms with Crippen LogP contribution in [0.5, 0.6) is 0 Å². The molecule has 3 N–H and O–H groups in total. The number of hydrogen-bond acceptors (Lipinski definition) is 5. The molecule has 0 radical (unpaired) electrons. The number of aliphatic carboxylic acids is 1. The number of hydrogen-bond donors (Lipinski definition) is 3. The summed E-state index contributed by atoms with van der Waals surface area (Å²) in [6, 6.07) is 7.16. The molecule has 1 amide bonds. The number of carbonyl (C=O) groups is 2. The normalized spacial score (nSPS) is 12.6. The van der Waals surface area contributed by atoms with E-state index in [1.54, 1.807) is 0 Å². The van der Waals surface area contributed by atoms with E-state index in [1.807, 2.05) is 13.8 Å². The number of aromatic nitrogens is 2. The Bertz CT molecular complexity index is 1370. The average molecular weight is 590 g/mol. The molecule has 0 aliphatic heterocycles. The molecule has 0 saturated heterocycles. The van der Waals surface area contributed by atoms with Gasteiger partial charge in [-0.1, -0.05) is 19.9 Å². The maximum atomic E-state index is 14.3. The number of carbonyl (C=O) groups excluding carboxylic acids is 1. The summed E-state index contributed by atoms with van der Waals surface area (Å²) in [6.07, 6.45) is -2.76. The van der Waals surface area contributed by atoms with E-state index >= 15 is 0 Å². The molecule has 3 rings (SSSR count). The van der Waals surface area contributed by atoms with E-state index in [9.17, 15) is 37.4 Å². The molecule has 41 heavy (non-hydrogen) atoms. The van der Waals surface area contributed by atoms with Gasteiger partial charge in [-0.05, 0) is 55.5 Å². The molecule has 0 saturated carbocycles. The van der Waals surface area contributed by atoms with Crippen molar-refractivity contribution in [3.05, 3.63) is 82.2 Å². The van der Waals surface area contributed by atoms with Gasteiger partial charge in [-0.2, -0.15) is 5.10 Å². The van der Waals surface area contributed by atoms with Crippen LogP contribution < -0.4 is 0 Å². The molecule has 2 unspecified atom stereocenters. The number of halogens is 4. The second-order valence-corrected chi connectivity index (χ2v) is 9.93. The number of aliphatic hydroxyl groups is 2. The third-order valence-electron chi connectivity index (χ3n) is 6.41. The number of carboxylic acids is 1. The van der Waals surface area contributed by atoms with Crippen LogP contribution in [-0.4, -0.2) is 90.7 Å². The number of carboxylic acid groups (broad SMARTS) is 1. The third-order valence-corrected chi connectivity index (χ3v) is 6.41. The number of nitrogens with zero attached hydrogens (tertiary/aromatic N) is 3. The molecule has 218 valence electrons. The van der Waals surface area contributed by atoms with Crippen molar-refractivity contribution in [3.63, 3.8) is 0 Å². The molecule has 0 spiro atoms. The molecule has 1 heterocycles. The van der Waals surface area contributed by atoms with Crippen molar-refractivity contribution < 1.29 is 42.5 Å². The summed E-state index contributed by atoms with van der Waals surface area (Å²) in [5, 5.41) is 33.7. The summed E-state index contributed by atoms with van der Waals surface area (Å²) in [4.78, 5) is 25.5. The Balaban J connectivity index is 0.00000588. The number of aliphatic hydroxyl groups excluding tert-OH is 2. The fraction of sp³-hybridized carbons (Fsp3) is 0.393. The summed E-state index contributed by atoms with van der Waals surface area (Å²) in [5.74, 6) is -6.99. The van der Waals surface area contributed by atoms with Crippen LogP contribution in [-0.2, 0) is 17.8 Å². The fourth-order valence-electron chi connectivity index (χ4n) is 4.48. The molecule has 0 fully saturated rings. The standard InChI is InChI=1S/C28H31F4N3O5.Na.H/c1-15(2)24-22(11-9-19(36)12-20(37)13-23(38)39)35(18-7-5-17(29)6-8-18)33-27(24)28(40)34(3)14-16-4-10-21(30)26(32)25(16)31;;/h4-8,10,15,19-20,36-37H,9,11-14H2,1-3H3,(H,38,39);;. The van der Waals surface area contributed by atoms with Crippen molar-refractivity contribution in [2.75, 3.05) is 7.05 Å². The van der Waals surface area contributed by atoms with E-state index in [4.69, 9.17) is 5.11 Å². The zero-order valence-electron chi connectivity index (χ0n) is 22.2. The molecule has 0 aliphatic rings. The van der Waals surface area contributed by atoms with E-state index in [1.165, 1.54) is 36.0 Å². The first-order valence-corrected chi connectivity index (χ1v) is 12.6. The van der Waals surface area contributed by atoms with Gasteiger partial charge in [0.25, 0.3) is 5.91 Å². The Morgan fingerprint density at radius 3 is 2.20 bits per heavy atom. The predicted octanol–water partition coefficient (Wildman–Crippen LogP) is 3.70. The monoisotopic (exact) mass is 589 g/mol. The van der Waals surface area contributed by atoms with Gasteiger partial charge in [-0.15, -0.1) is 0 Å². The Labute approximate surface area is 256 Å². The van der Waals surface area contributed by atoms with Crippen molar-refractivity contribution >= 4 is 41.4 Å². The van der Waals surface area contributed by atoms with Gasteiger partial charge < -0.3 is 20.2 Å². The summed E-state index contributed by atoms with van der Waals surface area (Å²) in [7, 11) is 1.36. The van der Waals surface area contributed by atoms with Crippen molar-refractivity contribution in [1.29, 1.82) is 0 Å². The van der Waals surface area contributed by atoms with Gasteiger partial charge in [-0.3, -0.25) is 9.59 Å². The van der Waals surface area contributed by atoms with E-state index < -0.39 is 53.8 Å². The first-order valence-electron chi connectivity index (χ1n) is 12.6. The number of benzene rings is 2. The van der Waals surface area contributed by atoms with Crippen LogP contribution >= 0.6 is 0 Å². The predicted molar refractivity (Wildman–Crippen MR) is 144 cm³/mol. The molecule has 8 nitrogen and oxygen atoms in total. The minimum atomic E-state index is -1.64. The molecule has 3 aromatic rings. The Morgan fingerprint density at radius 2 is 1.61 bits per heavy atom. The second kappa shape index (κ2) is 14.9. The first-order chi connectivity index (χ1) is 18.8. The van der Waals surface area contributed by atoms with E-state index in [2.05, 4.69) is 5.10 Å². The molecule has 2 atom stereocenters. The molecular formula is C28H32F4N3NaO5. The van der Waals surface area contributed by atoms with Crippen molar-refractivity contribution in [3.8, 4) is 5.69 Å². The van der Waals surface area contributed by atoms with E-state index in [0.29, 0.717) is 16.9 Å². The van der Waals surface area contributed by atoms with Crippen molar-refractivity contribution in [1.82, 2.24) is 14.7 Å². The van der Waals surface area contributed by atoms with Gasteiger partial charge >= 0.3 is 35.5 Å². The molecule has 0 bridgehead atoms. The van der Waals surface area contributed by atoms with Gasteiger partial charge in [0.05, 0.1) is 24.3 Å². The third kappa shape index (κ3) is 8.62. The summed E-state index contributed by atoms with van der Waals surface area (Å²) in [6.45, 7) is 3.25. The average Bonchev–Trinajstić information content (AvgIpc) is 3.27. The van der Waals surface area contributed by atoms with E-state index in [0.717, 1.165) is 17.0 Å². The van der Waals surface area contributed by atoms with Gasteiger partial charge in [-0.25, -0.2) is 22.2 Å². The van der Waals surface area contributed by atoms with Crippen molar-refractivity contribution in [2.45, 2.75) is 64.2 Å². The topological polar surface area (TPSA) is 116 Å². The number of amides is 1. The zero-order chi connectivity index (χ0) is 29.7. The second-order valence-electron chi connectivity index (χ2n) is 9.93. The van der Waals surface area contributed by atoms with Crippen LogP contribution in [0.1, 0.15) is 66.3 Å². The van der Waals surface area contributed by atoms with Crippen molar-refractivity contribution in [2.24, 2.45) is 0 Å². The van der Waals surface area contributed by atoms with Gasteiger partial charge in [0.1, 0.15) is 5.82 Å². The van der Waals surface area contributed by atoms with Crippen LogP contribution in [0, 0.1) is 23.3 Å². The Morgan fingerprint density at radius 1 is 0.976 bits per heavy atom. The Kier molecular flexibility index (Phi) is 12.5. The molecular weight excluding hydrogens is 557 g/mol. The van der Waals surface area contributed by atoms with Gasteiger partial charge in [0.2, 0.25) is 0 Å². The maximum absolute atomic E-state index is 14.3. The Hall–Kier alpha value is -2.77. The van der Waals surface area contributed by atoms with Gasteiger partial charge in [0, 0.05) is 30.4 Å². The summed E-state index contributed by atoms with van der Waals surface area (Å²) >= 11 is 0. The zero-order valence-corrected chi connectivity index (χ0v) is 22.2. The first kappa shape index (κ1) is 34.4. The van der Waals surface area contributed by atoms with Crippen LogP contribution in [0.2, 0.25) is 0 Å². The minimum absolute atomic E-state index is 0. The molecule has 1 aromatic heterocycles. The molecule has 13 heteroatoms. The fourth-order valence-corrected chi connectivity index (χ4v) is 4.48. The SMILES string of the molecule is CC(C)c1c(C(=O)N(C)Cc2ccc(F)c(F)c2F)nn(-c2ccc(F)cc2)c1CCC(O)CC(O)CC(=O)O.[NaH]. The van der Waals surface area contributed by atoms with Gasteiger partial charge in [0.15, 0.2) is 23.1 Å². The molecule has 2 aromatic carbocycles. The van der Waals surface area contributed by atoms with Crippen LogP contribution in [0.3, 0.4) is 0 Å².